The lowest BCUT2D eigenvalue weighted by Gasteiger charge is -2.37. The Morgan fingerprint density at radius 2 is 1.53 bits per heavy atom. The van der Waals surface area contributed by atoms with Crippen molar-refractivity contribution in [1.82, 2.24) is 9.88 Å². The number of aromatic nitrogens is 1. The lowest BCUT2D eigenvalue weighted by molar-refractivity contribution is 0.0673. The summed E-state index contributed by atoms with van der Waals surface area (Å²) >= 11 is 6.13. The van der Waals surface area contributed by atoms with Gasteiger partial charge in [0.25, 0.3) is 0 Å². The summed E-state index contributed by atoms with van der Waals surface area (Å²) in [5.74, 6) is 0.788. The first-order valence-electron chi connectivity index (χ1n) is 11.0. The average Bonchev–Trinajstić information content (AvgIpc) is 2.82. The Kier molecular flexibility index (Phi) is 6.12. The molecule has 6 heteroatoms. The van der Waals surface area contributed by atoms with Crippen LogP contribution in [0.4, 0.5) is 5.69 Å². The van der Waals surface area contributed by atoms with E-state index in [9.17, 15) is 5.11 Å². The number of pyridine rings is 1. The third-order valence-corrected chi connectivity index (χ3v) is 6.21. The summed E-state index contributed by atoms with van der Waals surface area (Å²) in [5.41, 5.74) is 2.94. The first kappa shape index (κ1) is 21.0. The SMILES string of the molecule is OC(COc1c2ccccc2nc2ccccc12)CN1CCN(c2cccc(Cl)c2)CC1. The number of fused-ring (bicyclic) bond motifs is 2. The van der Waals surface area contributed by atoms with Crippen LogP contribution in [0.3, 0.4) is 0 Å². The van der Waals surface area contributed by atoms with Crippen LogP contribution in [0.5, 0.6) is 5.75 Å². The fourth-order valence-corrected chi connectivity index (χ4v) is 4.53. The summed E-state index contributed by atoms with van der Waals surface area (Å²) in [5, 5.41) is 13.4. The van der Waals surface area contributed by atoms with Crippen molar-refractivity contribution in [3.8, 4) is 5.75 Å². The van der Waals surface area contributed by atoms with Crippen LogP contribution in [-0.4, -0.2) is 60.4 Å². The number of anilines is 1. The zero-order valence-electron chi connectivity index (χ0n) is 17.8. The number of halogens is 1. The molecule has 0 bridgehead atoms. The molecule has 1 N–H and O–H groups in total. The van der Waals surface area contributed by atoms with Crippen molar-refractivity contribution in [2.45, 2.75) is 6.10 Å². The Balaban J connectivity index is 1.22. The molecule has 1 atom stereocenters. The number of hydrogen-bond donors (Lipinski definition) is 1. The molecule has 0 amide bonds. The molecule has 5 nitrogen and oxygen atoms in total. The van der Waals surface area contributed by atoms with E-state index < -0.39 is 6.10 Å². The van der Waals surface area contributed by atoms with Gasteiger partial charge in [0.1, 0.15) is 18.5 Å². The van der Waals surface area contributed by atoms with Crippen LogP contribution in [0.1, 0.15) is 0 Å². The second-order valence-electron chi connectivity index (χ2n) is 8.21. The summed E-state index contributed by atoms with van der Waals surface area (Å²) in [6, 6.07) is 23.9. The Morgan fingerprint density at radius 1 is 0.875 bits per heavy atom. The highest BCUT2D eigenvalue weighted by atomic mass is 35.5. The predicted octanol–water partition coefficient (Wildman–Crippen LogP) is 4.60. The lowest BCUT2D eigenvalue weighted by Crippen LogP contribution is -2.49. The molecule has 1 unspecified atom stereocenters. The van der Waals surface area contributed by atoms with Crippen molar-refractivity contribution < 1.29 is 9.84 Å². The minimum absolute atomic E-state index is 0.243. The van der Waals surface area contributed by atoms with Gasteiger partial charge >= 0.3 is 0 Å². The van der Waals surface area contributed by atoms with Crippen LogP contribution < -0.4 is 9.64 Å². The molecule has 5 rings (SSSR count). The molecule has 0 saturated carbocycles. The van der Waals surface area contributed by atoms with Gasteiger partial charge in [-0.2, -0.15) is 0 Å². The van der Waals surface area contributed by atoms with Crippen molar-refractivity contribution in [3.63, 3.8) is 0 Å². The molecule has 3 aromatic carbocycles. The van der Waals surface area contributed by atoms with E-state index >= 15 is 0 Å². The summed E-state index contributed by atoms with van der Waals surface area (Å²) in [4.78, 5) is 9.36. The number of piperazine rings is 1. The molecule has 2 heterocycles. The number of β-amino-alcohol motifs (C(OH)–C–C–N with tert-alkyl or cyclic N) is 1. The van der Waals surface area contributed by atoms with Gasteiger partial charge in [-0.1, -0.05) is 41.9 Å². The van der Waals surface area contributed by atoms with Crippen LogP contribution in [-0.2, 0) is 0 Å². The van der Waals surface area contributed by atoms with Gasteiger partial charge in [-0.05, 0) is 42.5 Å². The van der Waals surface area contributed by atoms with Crippen LogP contribution >= 0.6 is 11.6 Å². The summed E-state index contributed by atoms with van der Waals surface area (Å²) < 4.78 is 6.20. The van der Waals surface area contributed by atoms with Crippen molar-refractivity contribution in [2.75, 3.05) is 44.2 Å². The number of hydrogen-bond acceptors (Lipinski definition) is 5. The minimum atomic E-state index is -0.571. The fourth-order valence-electron chi connectivity index (χ4n) is 4.35. The molecule has 4 aromatic rings. The van der Waals surface area contributed by atoms with Crippen molar-refractivity contribution in [2.24, 2.45) is 0 Å². The maximum atomic E-state index is 10.7. The van der Waals surface area contributed by atoms with E-state index in [4.69, 9.17) is 21.3 Å². The Bertz CT molecular complexity index is 1170. The number of nitrogens with zero attached hydrogens (tertiary/aromatic N) is 3. The molecule has 0 aliphatic carbocycles. The van der Waals surface area contributed by atoms with Gasteiger partial charge in [-0.15, -0.1) is 0 Å². The molecule has 0 spiro atoms. The second kappa shape index (κ2) is 9.33. The van der Waals surface area contributed by atoms with Gasteiger partial charge in [0.2, 0.25) is 0 Å². The average molecular weight is 448 g/mol. The molecule has 1 aliphatic rings. The second-order valence-corrected chi connectivity index (χ2v) is 8.64. The van der Waals surface area contributed by atoms with Crippen LogP contribution in [0.2, 0.25) is 5.02 Å². The van der Waals surface area contributed by atoms with Gasteiger partial charge in [-0.3, -0.25) is 4.90 Å². The van der Waals surface area contributed by atoms with E-state index in [1.165, 1.54) is 0 Å². The largest absolute Gasteiger partial charge is 0.489 e. The number of para-hydroxylation sites is 2. The molecular weight excluding hydrogens is 422 g/mol. The van der Waals surface area contributed by atoms with Gasteiger partial charge in [0.15, 0.2) is 0 Å². The molecule has 1 fully saturated rings. The van der Waals surface area contributed by atoms with E-state index in [2.05, 4.69) is 15.9 Å². The molecule has 1 aromatic heterocycles. The lowest BCUT2D eigenvalue weighted by atomic mass is 10.1. The zero-order chi connectivity index (χ0) is 21.9. The van der Waals surface area contributed by atoms with Gasteiger partial charge in [0, 0.05) is 54.2 Å². The number of rotatable bonds is 6. The van der Waals surface area contributed by atoms with Crippen LogP contribution in [0, 0.1) is 0 Å². The Morgan fingerprint density at radius 3 is 2.19 bits per heavy atom. The Hall–Kier alpha value is -2.86. The van der Waals surface area contributed by atoms with E-state index in [-0.39, 0.29) is 6.61 Å². The van der Waals surface area contributed by atoms with Crippen LogP contribution in [0.25, 0.3) is 21.8 Å². The molecule has 164 valence electrons. The van der Waals surface area contributed by atoms with E-state index in [0.29, 0.717) is 6.54 Å². The van der Waals surface area contributed by atoms with Gasteiger partial charge in [-0.25, -0.2) is 4.98 Å². The first-order chi connectivity index (χ1) is 15.7. The summed E-state index contributed by atoms with van der Waals surface area (Å²) in [6.45, 7) is 4.44. The maximum Gasteiger partial charge on any atom is 0.138 e. The van der Waals surface area contributed by atoms with Crippen molar-refractivity contribution in [3.05, 3.63) is 77.8 Å². The van der Waals surface area contributed by atoms with Gasteiger partial charge in [0.05, 0.1) is 11.0 Å². The molecular formula is C26H26ClN3O2. The van der Waals surface area contributed by atoms with Crippen molar-refractivity contribution in [1.29, 1.82) is 0 Å². The number of aliphatic hydroxyl groups excluding tert-OH is 1. The van der Waals surface area contributed by atoms with Crippen LogP contribution in [0.15, 0.2) is 72.8 Å². The molecule has 1 aliphatic heterocycles. The highest BCUT2D eigenvalue weighted by Crippen LogP contribution is 2.32. The van der Waals surface area contributed by atoms with E-state index in [1.807, 2.05) is 66.7 Å². The third kappa shape index (κ3) is 4.51. The summed E-state index contributed by atoms with van der Waals surface area (Å²) in [7, 11) is 0. The molecule has 32 heavy (non-hydrogen) atoms. The number of aliphatic hydroxyl groups is 1. The number of benzene rings is 3. The minimum Gasteiger partial charge on any atom is -0.489 e. The van der Waals surface area contributed by atoms with Crippen molar-refractivity contribution >= 4 is 39.1 Å². The monoisotopic (exact) mass is 447 g/mol. The Labute approximate surface area is 192 Å². The normalized spacial score (nSPS) is 15.9. The smallest absolute Gasteiger partial charge is 0.138 e. The van der Waals surface area contributed by atoms with E-state index in [1.54, 1.807) is 0 Å². The highest BCUT2D eigenvalue weighted by molar-refractivity contribution is 6.30. The fraction of sp³-hybridized carbons (Fsp3) is 0.269. The maximum absolute atomic E-state index is 10.7. The topological polar surface area (TPSA) is 48.8 Å². The summed E-state index contributed by atoms with van der Waals surface area (Å²) in [6.07, 6.45) is -0.571. The molecule has 1 saturated heterocycles. The first-order valence-corrected chi connectivity index (χ1v) is 11.4. The number of ether oxygens (including phenoxy) is 1. The standard InChI is InChI=1S/C26H26ClN3O2/c27-19-6-5-7-20(16-19)30-14-12-29(13-15-30)17-21(31)18-32-26-22-8-1-3-10-24(22)28-25-11-4-2-9-23(25)26/h1-11,16,21,31H,12-15,17-18H2. The molecule has 0 radical (unpaired) electrons. The van der Waals surface area contributed by atoms with E-state index in [0.717, 1.165) is 64.4 Å². The third-order valence-electron chi connectivity index (χ3n) is 5.97. The highest BCUT2D eigenvalue weighted by Gasteiger charge is 2.20. The predicted molar refractivity (Wildman–Crippen MR) is 131 cm³/mol. The van der Waals surface area contributed by atoms with Gasteiger partial charge < -0.3 is 14.7 Å². The zero-order valence-corrected chi connectivity index (χ0v) is 18.6. The quantitative estimate of drug-likeness (QED) is 0.437.